The molecule has 0 atom stereocenters. The Morgan fingerprint density at radius 2 is 1.82 bits per heavy atom. The van der Waals surface area contributed by atoms with Crippen LogP contribution < -0.4 is 5.73 Å². The monoisotopic (exact) mass is 181 g/mol. The topological polar surface area (TPSA) is 52.3 Å². The summed E-state index contributed by atoms with van der Waals surface area (Å²) in [5, 5.41) is 0. The largest absolute Gasteiger partial charge is 0.471 e. The van der Waals surface area contributed by atoms with E-state index in [2.05, 4.69) is 4.74 Å². The summed E-state index contributed by atoms with van der Waals surface area (Å²) in [5.74, 6) is 0. The third-order valence-corrected chi connectivity index (χ3v) is 1.50. The van der Waals surface area contributed by atoms with Crippen LogP contribution >= 0.6 is 12.4 Å². The Bertz CT molecular complexity index is 84.5. The molecule has 1 rings (SSSR count). The highest BCUT2D eigenvalue weighted by molar-refractivity contribution is 5.85. The number of hydrogen-bond donors (Lipinski definition) is 1. The molecule has 0 spiro atoms. The third-order valence-electron chi connectivity index (χ3n) is 1.50. The Balaban J connectivity index is 0. The molecule has 0 saturated heterocycles. The Hall–Kier alpha value is -0.280. The van der Waals surface area contributed by atoms with Gasteiger partial charge in [0.15, 0.2) is 0 Å². The summed E-state index contributed by atoms with van der Waals surface area (Å²) in [6.07, 6.45) is 5.25. The smallest absolute Gasteiger partial charge is 0.292 e. The molecule has 0 aliphatic heterocycles. The molecule has 1 aliphatic carbocycles. The fraction of sp³-hybridized carbons (Fsp3) is 0.857. The Morgan fingerprint density at radius 1 is 1.45 bits per heavy atom. The first-order valence-electron chi connectivity index (χ1n) is 3.53. The minimum Gasteiger partial charge on any atom is -0.471 e. The molecule has 11 heavy (non-hydrogen) atoms. The second-order valence-electron chi connectivity index (χ2n) is 2.38. The van der Waals surface area contributed by atoms with Crippen molar-refractivity contribution >= 4 is 18.9 Å². The molecule has 0 heterocycles. The Labute approximate surface area is 73.7 Å². The molecule has 3 nitrogen and oxygen atoms in total. The lowest BCUT2D eigenvalue weighted by atomic mass is 10.3. The summed E-state index contributed by atoms with van der Waals surface area (Å²) in [5.41, 5.74) is 5.53. The molecule has 0 aromatic carbocycles. The van der Waals surface area contributed by atoms with Gasteiger partial charge in [-0.25, -0.2) is 0 Å². The average molecular weight is 182 g/mol. The SMILES string of the molecule is COC=O.Cl.NC1CCCC1. The summed E-state index contributed by atoms with van der Waals surface area (Å²) in [6, 6.07) is 0.546. The van der Waals surface area contributed by atoms with Gasteiger partial charge in [0.05, 0.1) is 7.11 Å². The number of nitrogens with two attached hydrogens (primary N) is 1. The van der Waals surface area contributed by atoms with Crippen molar-refractivity contribution in [3.05, 3.63) is 0 Å². The van der Waals surface area contributed by atoms with E-state index in [0.717, 1.165) is 0 Å². The van der Waals surface area contributed by atoms with E-state index in [9.17, 15) is 0 Å². The Kier molecular flexibility index (Phi) is 11.8. The predicted molar refractivity (Wildman–Crippen MR) is 46.8 cm³/mol. The maximum Gasteiger partial charge on any atom is 0.292 e. The highest BCUT2D eigenvalue weighted by Crippen LogP contribution is 2.14. The molecule has 0 aromatic rings. The molecule has 0 radical (unpaired) electrons. The van der Waals surface area contributed by atoms with Gasteiger partial charge >= 0.3 is 0 Å². The molecular formula is C7H16ClNO2. The van der Waals surface area contributed by atoms with Crippen LogP contribution in [0.25, 0.3) is 0 Å². The molecule has 68 valence electrons. The van der Waals surface area contributed by atoms with Crippen LogP contribution in [-0.4, -0.2) is 19.6 Å². The van der Waals surface area contributed by atoms with E-state index in [1.165, 1.54) is 32.8 Å². The number of ether oxygens (including phenoxy) is 1. The van der Waals surface area contributed by atoms with Gasteiger partial charge in [0.25, 0.3) is 6.47 Å². The molecule has 1 aliphatic rings. The summed E-state index contributed by atoms with van der Waals surface area (Å²) in [6.45, 7) is 0.375. The average Bonchev–Trinajstić information content (AvgIpc) is 2.40. The van der Waals surface area contributed by atoms with Crippen LogP contribution in [0.3, 0.4) is 0 Å². The normalized spacial score (nSPS) is 15.8. The van der Waals surface area contributed by atoms with Crippen molar-refractivity contribution in [3.8, 4) is 0 Å². The first-order chi connectivity index (χ1) is 4.81. The van der Waals surface area contributed by atoms with E-state index < -0.39 is 0 Å². The molecule has 0 amide bonds. The predicted octanol–water partition coefficient (Wildman–Crippen LogP) is 1.10. The molecule has 0 aromatic heterocycles. The first-order valence-corrected chi connectivity index (χ1v) is 3.53. The first kappa shape index (κ1) is 13.3. The van der Waals surface area contributed by atoms with Crippen LogP contribution in [-0.2, 0) is 9.53 Å². The van der Waals surface area contributed by atoms with E-state index in [0.29, 0.717) is 12.5 Å². The van der Waals surface area contributed by atoms with Crippen molar-refractivity contribution in [1.29, 1.82) is 0 Å². The zero-order valence-corrected chi connectivity index (χ0v) is 7.60. The molecule has 2 N–H and O–H groups in total. The van der Waals surface area contributed by atoms with E-state index in [1.54, 1.807) is 0 Å². The van der Waals surface area contributed by atoms with E-state index >= 15 is 0 Å². The highest BCUT2D eigenvalue weighted by Gasteiger charge is 2.07. The van der Waals surface area contributed by atoms with Crippen LogP contribution in [0.15, 0.2) is 0 Å². The number of carbonyl (C=O) groups excluding carboxylic acids is 1. The van der Waals surface area contributed by atoms with Crippen molar-refractivity contribution in [1.82, 2.24) is 0 Å². The van der Waals surface area contributed by atoms with E-state index in [1.807, 2.05) is 0 Å². The Morgan fingerprint density at radius 3 is 1.91 bits per heavy atom. The summed E-state index contributed by atoms with van der Waals surface area (Å²) in [4.78, 5) is 8.95. The highest BCUT2D eigenvalue weighted by atomic mass is 35.5. The number of rotatable bonds is 1. The number of carbonyl (C=O) groups is 1. The standard InChI is InChI=1S/C5H11N.C2H4O2.ClH/c6-5-3-1-2-4-5;1-4-2-3;/h5H,1-4,6H2;2H,1H3;1H. The molecular weight excluding hydrogens is 166 g/mol. The maximum absolute atomic E-state index is 8.95. The molecule has 1 saturated carbocycles. The van der Waals surface area contributed by atoms with Gasteiger partial charge in [0.2, 0.25) is 0 Å². The van der Waals surface area contributed by atoms with Gasteiger partial charge < -0.3 is 10.5 Å². The minimum absolute atomic E-state index is 0. The van der Waals surface area contributed by atoms with Gasteiger partial charge in [0.1, 0.15) is 0 Å². The molecule has 0 bridgehead atoms. The van der Waals surface area contributed by atoms with Crippen LogP contribution in [0.5, 0.6) is 0 Å². The second-order valence-corrected chi connectivity index (χ2v) is 2.38. The fourth-order valence-electron chi connectivity index (χ4n) is 0.957. The number of halogens is 1. The zero-order chi connectivity index (χ0) is 7.82. The summed E-state index contributed by atoms with van der Waals surface area (Å²) in [7, 11) is 1.31. The van der Waals surface area contributed by atoms with Crippen molar-refractivity contribution in [3.63, 3.8) is 0 Å². The van der Waals surface area contributed by atoms with Crippen LogP contribution in [0.4, 0.5) is 0 Å². The lowest BCUT2D eigenvalue weighted by molar-refractivity contribution is -0.126. The van der Waals surface area contributed by atoms with Crippen molar-refractivity contribution in [2.75, 3.05) is 7.11 Å². The molecule has 1 fully saturated rings. The van der Waals surface area contributed by atoms with Gasteiger partial charge in [-0.15, -0.1) is 12.4 Å². The minimum atomic E-state index is 0. The third kappa shape index (κ3) is 9.72. The maximum atomic E-state index is 8.95. The van der Waals surface area contributed by atoms with E-state index in [-0.39, 0.29) is 12.4 Å². The molecule has 0 unspecified atom stereocenters. The van der Waals surface area contributed by atoms with Gasteiger partial charge in [0, 0.05) is 6.04 Å². The van der Waals surface area contributed by atoms with Crippen molar-refractivity contribution < 1.29 is 9.53 Å². The fourth-order valence-corrected chi connectivity index (χ4v) is 0.957. The van der Waals surface area contributed by atoms with Crippen molar-refractivity contribution in [2.45, 2.75) is 31.7 Å². The summed E-state index contributed by atoms with van der Waals surface area (Å²) >= 11 is 0. The zero-order valence-electron chi connectivity index (χ0n) is 6.79. The molecule has 4 heteroatoms. The number of methoxy groups -OCH3 is 1. The van der Waals surface area contributed by atoms with Crippen LogP contribution in [0, 0.1) is 0 Å². The van der Waals surface area contributed by atoms with Crippen LogP contribution in [0.1, 0.15) is 25.7 Å². The quantitative estimate of drug-likeness (QED) is 0.617. The van der Waals surface area contributed by atoms with Gasteiger partial charge in [-0.05, 0) is 12.8 Å². The van der Waals surface area contributed by atoms with Gasteiger partial charge in [-0.1, -0.05) is 12.8 Å². The van der Waals surface area contributed by atoms with Gasteiger partial charge in [-0.2, -0.15) is 0 Å². The van der Waals surface area contributed by atoms with Crippen molar-refractivity contribution in [2.24, 2.45) is 5.73 Å². The number of hydrogen-bond acceptors (Lipinski definition) is 3. The lowest BCUT2D eigenvalue weighted by Crippen LogP contribution is -2.13. The van der Waals surface area contributed by atoms with Gasteiger partial charge in [-0.3, -0.25) is 4.79 Å². The second kappa shape index (κ2) is 9.72. The summed E-state index contributed by atoms with van der Waals surface area (Å²) < 4.78 is 3.86. The van der Waals surface area contributed by atoms with Crippen LogP contribution in [0.2, 0.25) is 0 Å². The van der Waals surface area contributed by atoms with E-state index in [4.69, 9.17) is 10.5 Å². The lowest BCUT2D eigenvalue weighted by Gasteiger charge is -1.92.